The van der Waals surface area contributed by atoms with Crippen molar-refractivity contribution in [3.63, 3.8) is 0 Å². The van der Waals surface area contributed by atoms with Gasteiger partial charge in [-0.15, -0.1) is 11.3 Å². The summed E-state index contributed by atoms with van der Waals surface area (Å²) in [6.45, 7) is 4.47. The first-order valence-electron chi connectivity index (χ1n) is 5.73. The van der Waals surface area contributed by atoms with E-state index in [1.807, 2.05) is 19.2 Å². The smallest absolute Gasteiger partial charge is 0.124 e. The Kier molecular flexibility index (Phi) is 3.84. The summed E-state index contributed by atoms with van der Waals surface area (Å²) in [5.74, 6) is 0.204. The van der Waals surface area contributed by atoms with Gasteiger partial charge in [0, 0.05) is 23.7 Å². The molecule has 0 aliphatic carbocycles. The van der Waals surface area contributed by atoms with E-state index in [4.69, 9.17) is 0 Å². The zero-order valence-electron chi connectivity index (χ0n) is 10.3. The molecular formula is C13H16N2O2S. The van der Waals surface area contributed by atoms with Gasteiger partial charge in [-0.3, -0.25) is 0 Å². The van der Waals surface area contributed by atoms with E-state index in [0.29, 0.717) is 12.1 Å². The van der Waals surface area contributed by atoms with Gasteiger partial charge in [0.05, 0.1) is 5.56 Å². The summed E-state index contributed by atoms with van der Waals surface area (Å²) in [7, 11) is 0. The van der Waals surface area contributed by atoms with Crippen LogP contribution in [0.2, 0.25) is 0 Å². The highest BCUT2D eigenvalue weighted by Gasteiger charge is 2.14. The lowest BCUT2D eigenvalue weighted by molar-refractivity contribution is 0.418. The minimum Gasteiger partial charge on any atom is -0.507 e. The van der Waals surface area contributed by atoms with Crippen LogP contribution in [0.5, 0.6) is 11.5 Å². The number of aromatic nitrogens is 1. The number of nitrogens with zero attached hydrogens (tertiary/aromatic N) is 1. The van der Waals surface area contributed by atoms with Crippen molar-refractivity contribution in [2.24, 2.45) is 0 Å². The van der Waals surface area contributed by atoms with Crippen LogP contribution in [0.15, 0.2) is 23.6 Å². The first-order chi connectivity index (χ1) is 8.58. The summed E-state index contributed by atoms with van der Waals surface area (Å²) in [5, 5.41) is 25.7. The lowest BCUT2D eigenvalue weighted by Crippen LogP contribution is -2.18. The molecule has 0 bridgehead atoms. The van der Waals surface area contributed by atoms with Gasteiger partial charge in [0.25, 0.3) is 0 Å². The number of hydrogen-bond acceptors (Lipinski definition) is 5. The first kappa shape index (κ1) is 12.9. The molecule has 5 heteroatoms. The summed E-state index contributed by atoms with van der Waals surface area (Å²) in [5.41, 5.74) is 1.53. The molecule has 1 heterocycles. The number of phenolic OH excluding ortho intramolecular Hbond substituents is 2. The lowest BCUT2D eigenvalue weighted by Gasteiger charge is -2.16. The van der Waals surface area contributed by atoms with E-state index >= 15 is 0 Å². The van der Waals surface area contributed by atoms with Crippen molar-refractivity contribution in [1.29, 1.82) is 0 Å². The Balaban J connectivity index is 2.06. The van der Waals surface area contributed by atoms with Crippen molar-refractivity contribution in [2.45, 2.75) is 26.4 Å². The third kappa shape index (κ3) is 2.80. The Bertz CT molecular complexity index is 519. The van der Waals surface area contributed by atoms with Crippen LogP contribution in [0, 0.1) is 6.92 Å². The molecule has 0 saturated heterocycles. The van der Waals surface area contributed by atoms with Crippen LogP contribution in [0.4, 0.5) is 0 Å². The molecule has 96 valence electrons. The second kappa shape index (κ2) is 5.37. The third-order valence-electron chi connectivity index (χ3n) is 2.72. The molecule has 0 radical (unpaired) electrons. The van der Waals surface area contributed by atoms with Crippen molar-refractivity contribution in [2.75, 3.05) is 0 Å². The molecule has 0 fully saturated rings. The number of phenols is 2. The molecule has 2 rings (SSSR count). The van der Waals surface area contributed by atoms with Crippen molar-refractivity contribution < 1.29 is 10.2 Å². The van der Waals surface area contributed by atoms with Gasteiger partial charge in [0.15, 0.2) is 0 Å². The van der Waals surface area contributed by atoms with Crippen LogP contribution in [-0.4, -0.2) is 15.2 Å². The minimum atomic E-state index is -0.143. The Morgan fingerprint density at radius 3 is 2.56 bits per heavy atom. The molecule has 1 atom stereocenters. The van der Waals surface area contributed by atoms with Crippen molar-refractivity contribution in [3.05, 3.63) is 39.8 Å². The maximum absolute atomic E-state index is 9.75. The van der Waals surface area contributed by atoms with Crippen LogP contribution >= 0.6 is 11.3 Å². The number of benzene rings is 1. The summed E-state index contributed by atoms with van der Waals surface area (Å²) in [4.78, 5) is 4.35. The van der Waals surface area contributed by atoms with Crippen LogP contribution in [-0.2, 0) is 6.54 Å². The SMILES string of the molecule is Cc1csc(CNC(C)c2c(O)cccc2O)n1. The highest BCUT2D eigenvalue weighted by atomic mass is 32.1. The van der Waals surface area contributed by atoms with E-state index in [1.165, 1.54) is 0 Å². The molecule has 0 aliphatic rings. The minimum absolute atomic E-state index is 0.102. The van der Waals surface area contributed by atoms with Gasteiger partial charge in [0.1, 0.15) is 16.5 Å². The topological polar surface area (TPSA) is 65.4 Å². The molecule has 1 aromatic heterocycles. The Morgan fingerprint density at radius 1 is 1.33 bits per heavy atom. The largest absolute Gasteiger partial charge is 0.507 e. The fraction of sp³-hybridized carbons (Fsp3) is 0.308. The molecule has 0 spiro atoms. The fourth-order valence-electron chi connectivity index (χ4n) is 1.81. The lowest BCUT2D eigenvalue weighted by atomic mass is 10.1. The summed E-state index contributed by atoms with van der Waals surface area (Å²) < 4.78 is 0. The molecule has 18 heavy (non-hydrogen) atoms. The average Bonchev–Trinajstić information content (AvgIpc) is 2.72. The normalized spacial score (nSPS) is 12.6. The number of rotatable bonds is 4. The summed E-state index contributed by atoms with van der Waals surface area (Å²) in [6, 6.07) is 4.61. The van der Waals surface area contributed by atoms with E-state index in [0.717, 1.165) is 10.7 Å². The predicted molar refractivity (Wildman–Crippen MR) is 71.9 cm³/mol. The number of nitrogens with one attached hydrogen (secondary N) is 1. The van der Waals surface area contributed by atoms with Crippen molar-refractivity contribution >= 4 is 11.3 Å². The first-order valence-corrected chi connectivity index (χ1v) is 6.61. The van der Waals surface area contributed by atoms with Crippen LogP contribution in [0.25, 0.3) is 0 Å². The number of hydrogen-bond donors (Lipinski definition) is 3. The number of aromatic hydroxyl groups is 2. The van der Waals surface area contributed by atoms with Gasteiger partial charge >= 0.3 is 0 Å². The van der Waals surface area contributed by atoms with Crippen molar-refractivity contribution in [3.8, 4) is 11.5 Å². The molecule has 4 nitrogen and oxygen atoms in total. The second-order valence-electron chi connectivity index (χ2n) is 4.20. The molecule has 0 aliphatic heterocycles. The summed E-state index contributed by atoms with van der Waals surface area (Å²) >= 11 is 1.60. The van der Waals surface area contributed by atoms with E-state index in [1.54, 1.807) is 29.5 Å². The highest BCUT2D eigenvalue weighted by Crippen LogP contribution is 2.32. The molecule has 1 unspecified atom stereocenters. The highest BCUT2D eigenvalue weighted by molar-refractivity contribution is 7.09. The van der Waals surface area contributed by atoms with Gasteiger partial charge in [-0.2, -0.15) is 0 Å². The van der Waals surface area contributed by atoms with E-state index < -0.39 is 0 Å². The van der Waals surface area contributed by atoms with Crippen LogP contribution in [0.3, 0.4) is 0 Å². The van der Waals surface area contributed by atoms with Gasteiger partial charge in [0.2, 0.25) is 0 Å². The van der Waals surface area contributed by atoms with Crippen LogP contribution in [0.1, 0.15) is 29.2 Å². The van der Waals surface area contributed by atoms with Gasteiger partial charge in [-0.05, 0) is 26.0 Å². The van der Waals surface area contributed by atoms with Crippen molar-refractivity contribution in [1.82, 2.24) is 10.3 Å². The van der Waals surface area contributed by atoms with Gasteiger partial charge < -0.3 is 15.5 Å². The number of thiazole rings is 1. The van der Waals surface area contributed by atoms with E-state index in [2.05, 4.69) is 10.3 Å². The molecule has 0 amide bonds. The molecule has 0 saturated carbocycles. The molecular weight excluding hydrogens is 248 g/mol. The number of aryl methyl sites for hydroxylation is 1. The predicted octanol–water partition coefficient (Wildman–Crippen LogP) is 2.71. The van der Waals surface area contributed by atoms with Gasteiger partial charge in [-0.25, -0.2) is 4.98 Å². The molecule has 1 aromatic carbocycles. The fourth-order valence-corrected chi connectivity index (χ4v) is 2.53. The monoisotopic (exact) mass is 264 g/mol. The quantitative estimate of drug-likeness (QED) is 0.794. The molecule has 3 N–H and O–H groups in total. The van der Waals surface area contributed by atoms with Crippen LogP contribution < -0.4 is 5.32 Å². The Hall–Kier alpha value is -1.59. The maximum atomic E-state index is 9.75. The van der Waals surface area contributed by atoms with E-state index in [9.17, 15) is 10.2 Å². The standard InChI is InChI=1S/C13H16N2O2S/c1-8-7-18-12(15-8)6-14-9(2)13-10(16)4-3-5-11(13)17/h3-5,7,9,14,16-17H,6H2,1-2H3. The zero-order valence-corrected chi connectivity index (χ0v) is 11.2. The third-order valence-corrected chi connectivity index (χ3v) is 3.69. The van der Waals surface area contributed by atoms with E-state index in [-0.39, 0.29) is 17.5 Å². The molecule has 2 aromatic rings. The summed E-state index contributed by atoms with van der Waals surface area (Å²) in [6.07, 6.45) is 0. The Morgan fingerprint density at radius 2 is 2.00 bits per heavy atom. The maximum Gasteiger partial charge on any atom is 0.124 e. The second-order valence-corrected chi connectivity index (χ2v) is 5.14. The van der Waals surface area contributed by atoms with Gasteiger partial charge in [-0.1, -0.05) is 6.07 Å². The average molecular weight is 264 g/mol. The zero-order chi connectivity index (χ0) is 13.1. The Labute approximate surface area is 110 Å².